The minimum atomic E-state index is -1.03. The van der Waals surface area contributed by atoms with Crippen LogP contribution in [-0.2, 0) is 28.9 Å². The van der Waals surface area contributed by atoms with Crippen molar-refractivity contribution in [3.8, 4) is 11.3 Å². The van der Waals surface area contributed by atoms with E-state index in [1.54, 1.807) is 12.3 Å². The van der Waals surface area contributed by atoms with Gasteiger partial charge in [-0.05, 0) is 23.3 Å². The molecule has 7 heteroatoms. The fourth-order valence-corrected chi connectivity index (χ4v) is 4.41. The summed E-state index contributed by atoms with van der Waals surface area (Å²) in [6, 6.07) is 26.4. The molecule has 6 nitrogen and oxygen atoms in total. The molecule has 2 amide bonds. The Labute approximate surface area is 189 Å². The van der Waals surface area contributed by atoms with Crippen LogP contribution in [0.5, 0.6) is 0 Å². The number of carbonyl (C=O) groups excluding carboxylic acids is 1. The third-order valence-electron chi connectivity index (χ3n) is 4.70. The number of nitrogens with one attached hydrogen (secondary N) is 2. The molecular formula is C25H23N3O3S. The Hall–Kier alpha value is -3.71. The van der Waals surface area contributed by atoms with Gasteiger partial charge in [0.2, 0.25) is 5.89 Å². The summed E-state index contributed by atoms with van der Waals surface area (Å²) in [6.45, 7) is 0.166. The van der Waals surface area contributed by atoms with Crippen molar-refractivity contribution < 1.29 is 13.4 Å². The SMILES string of the molecule is O=C(NCc1ncc(-c2ccccc2)o1)Nc1cccc(CS(=O)Cc2ccccc2)c1. The zero-order chi connectivity index (χ0) is 22.2. The maximum absolute atomic E-state index is 12.5. The average molecular weight is 446 g/mol. The monoisotopic (exact) mass is 445 g/mol. The summed E-state index contributed by atoms with van der Waals surface area (Å²) in [7, 11) is -1.03. The number of anilines is 1. The van der Waals surface area contributed by atoms with Crippen LogP contribution in [0.25, 0.3) is 11.3 Å². The zero-order valence-electron chi connectivity index (χ0n) is 17.4. The molecule has 0 saturated heterocycles. The van der Waals surface area contributed by atoms with Crippen molar-refractivity contribution in [3.63, 3.8) is 0 Å². The van der Waals surface area contributed by atoms with Crippen LogP contribution in [0.1, 0.15) is 17.0 Å². The first-order chi connectivity index (χ1) is 15.7. The maximum atomic E-state index is 12.5. The third-order valence-corrected chi connectivity index (χ3v) is 6.01. The van der Waals surface area contributed by atoms with Crippen LogP contribution in [0.4, 0.5) is 10.5 Å². The van der Waals surface area contributed by atoms with Crippen LogP contribution in [0.2, 0.25) is 0 Å². The maximum Gasteiger partial charge on any atom is 0.319 e. The van der Waals surface area contributed by atoms with Gasteiger partial charge in [-0.2, -0.15) is 0 Å². The molecule has 4 rings (SSSR count). The Balaban J connectivity index is 1.28. The highest BCUT2D eigenvalue weighted by Gasteiger charge is 2.09. The molecule has 0 aliphatic heterocycles. The van der Waals surface area contributed by atoms with Gasteiger partial charge in [0, 0.05) is 33.6 Å². The van der Waals surface area contributed by atoms with Crippen molar-refractivity contribution in [1.29, 1.82) is 0 Å². The molecule has 0 radical (unpaired) electrons. The number of oxazole rings is 1. The zero-order valence-corrected chi connectivity index (χ0v) is 18.2. The predicted octanol–water partition coefficient (Wildman–Crippen LogP) is 5.11. The predicted molar refractivity (Wildman–Crippen MR) is 126 cm³/mol. The molecular weight excluding hydrogens is 422 g/mol. The molecule has 0 saturated carbocycles. The summed E-state index contributed by atoms with van der Waals surface area (Å²) < 4.78 is 18.2. The van der Waals surface area contributed by atoms with E-state index in [9.17, 15) is 9.00 Å². The van der Waals surface area contributed by atoms with Crippen LogP contribution >= 0.6 is 0 Å². The molecule has 32 heavy (non-hydrogen) atoms. The van der Waals surface area contributed by atoms with Crippen molar-refractivity contribution in [2.24, 2.45) is 0 Å². The van der Waals surface area contributed by atoms with Gasteiger partial charge in [0.1, 0.15) is 0 Å². The second-order valence-electron chi connectivity index (χ2n) is 7.21. The van der Waals surface area contributed by atoms with Crippen molar-refractivity contribution in [2.75, 3.05) is 5.32 Å². The second-order valence-corrected chi connectivity index (χ2v) is 8.66. The van der Waals surface area contributed by atoms with Gasteiger partial charge in [-0.25, -0.2) is 9.78 Å². The first-order valence-electron chi connectivity index (χ1n) is 10.2. The molecule has 0 fully saturated rings. The molecule has 0 spiro atoms. The summed E-state index contributed by atoms with van der Waals surface area (Å²) in [5, 5.41) is 5.53. The molecule has 0 aliphatic rings. The highest BCUT2D eigenvalue weighted by molar-refractivity contribution is 7.83. The van der Waals surface area contributed by atoms with Crippen LogP contribution in [0.15, 0.2) is 95.5 Å². The lowest BCUT2D eigenvalue weighted by atomic mass is 10.2. The van der Waals surface area contributed by atoms with Gasteiger partial charge in [0.05, 0.1) is 12.7 Å². The Morgan fingerprint density at radius 2 is 1.56 bits per heavy atom. The van der Waals surface area contributed by atoms with E-state index in [2.05, 4.69) is 15.6 Å². The fraction of sp³-hybridized carbons (Fsp3) is 0.120. The normalized spacial score (nSPS) is 11.6. The van der Waals surface area contributed by atoms with Crippen LogP contribution in [0.3, 0.4) is 0 Å². The molecule has 162 valence electrons. The number of aromatic nitrogens is 1. The summed E-state index contributed by atoms with van der Waals surface area (Å²) >= 11 is 0. The molecule has 0 bridgehead atoms. The quantitative estimate of drug-likeness (QED) is 0.395. The summed E-state index contributed by atoms with van der Waals surface area (Å²) in [5.74, 6) is 1.99. The second kappa shape index (κ2) is 10.5. The Morgan fingerprint density at radius 1 is 0.875 bits per heavy atom. The topological polar surface area (TPSA) is 84.2 Å². The molecule has 4 aromatic rings. The summed E-state index contributed by atoms with van der Waals surface area (Å²) in [6.07, 6.45) is 1.64. The molecule has 1 unspecified atom stereocenters. The van der Waals surface area contributed by atoms with E-state index in [0.29, 0.717) is 28.8 Å². The van der Waals surface area contributed by atoms with Crippen molar-refractivity contribution in [1.82, 2.24) is 10.3 Å². The lowest BCUT2D eigenvalue weighted by Gasteiger charge is -2.08. The number of amides is 2. The minimum Gasteiger partial charge on any atom is -0.439 e. The van der Waals surface area contributed by atoms with Crippen molar-refractivity contribution in [3.05, 3.63) is 108 Å². The average Bonchev–Trinajstić information content (AvgIpc) is 3.28. The third kappa shape index (κ3) is 6.15. The molecule has 1 heterocycles. The number of urea groups is 1. The highest BCUT2D eigenvalue weighted by atomic mass is 32.2. The van der Waals surface area contributed by atoms with Gasteiger partial charge >= 0.3 is 6.03 Å². The largest absolute Gasteiger partial charge is 0.439 e. The van der Waals surface area contributed by atoms with Gasteiger partial charge < -0.3 is 15.1 Å². The summed E-state index contributed by atoms with van der Waals surface area (Å²) in [4.78, 5) is 16.5. The van der Waals surface area contributed by atoms with Gasteiger partial charge in [-0.3, -0.25) is 4.21 Å². The number of benzene rings is 3. The van der Waals surface area contributed by atoms with E-state index in [1.807, 2.05) is 78.9 Å². The van der Waals surface area contributed by atoms with Crippen molar-refractivity contribution in [2.45, 2.75) is 18.1 Å². The van der Waals surface area contributed by atoms with Crippen LogP contribution in [-0.4, -0.2) is 15.2 Å². The number of rotatable bonds is 8. The first-order valence-corrected chi connectivity index (χ1v) is 11.7. The van der Waals surface area contributed by atoms with Gasteiger partial charge in [-0.15, -0.1) is 0 Å². The Bertz CT molecular complexity index is 1190. The van der Waals surface area contributed by atoms with E-state index in [1.165, 1.54) is 0 Å². The van der Waals surface area contributed by atoms with Gasteiger partial charge in [0.25, 0.3) is 0 Å². The molecule has 0 aliphatic carbocycles. The molecule has 1 aromatic heterocycles. The molecule has 1 atom stereocenters. The first kappa shape index (κ1) is 21.5. The summed E-state index contributed by atoms with van der Waals surface area (Å²) in [5.41, 5.74) is 3.50. The van der Waals surface area contributed by atoms with Crippen LogP contribution in [0, 0.1) is 0 Å². The number of carbonyl (C=O) groups is 1. The minimum absolute atomic E-state index is 0.166. The van der Waals surface area contributed by atoms with Crippen LogP contribution < -0.4 is 10.6 Å². The number of hydrogen-bond donors (Lipinski definition) is 2. The van der Waals surface area contributed by atoms with Gasteiger partial charge in [-0.1, -0.05) is 72.8 Å². The fourth-order valence-electron chi connectivity index (χ4n) is 3.19. The number of hydrogen-bond acceptors (Lipinski definition) is 4. The van der Waals surface area contributed by atoms with E-state index in [-0.39, 0.29) is 12.6 Å². The standard InChI is InChI=1S/C25H23N3O3S/c29-25(27-16-24-26-15-23(31-24)21-11-5-2-6-12-21)28-22-13-7-10-20(14-22)18-32(30)17-19-8-3-1-4-9-19/h1-15H,16-18H2,(H2,27,28,29). The van der Waals surface area contributed by atoms with E-state index in [4.69, 9.17) is 4.42 Å². The number of nitrogens with zero attached hydrogens (tertiary/aromatic N) is 1. The van der Waals surface area contributed by atoms with Crippen molar-refractivity contribution >= 4 is 22.5 Å². The highest BCUT2D eigenvalue weighted by Crippen LogP contribution is 2.19. The van der Waals surface area contributed by atoms with E-state index < -0.39 is 10.8 Å². The van der Waals surface area contributed by atoms with E-state index >= 15 is 0 Å². The van der Waals surface area contributed by atoms with E-state index in [0.717, 1.165) is 16.7 Å². The lowest BCUT2D eigenvalue weighted by Crippen LogP contribution is -2.28. The Morgan fingerprint density at radius 3 is 2.34 bits per heavy atom. The molecule has 2 N–H and O–H groups in total. The lowest BCUT2D eigenvalue weighted by molar-refractivity contribution is 0.250. The molecule has 3 aromatic carbocycles. The smallest absolute Gasteiger partial charge is 0.319 e. The van der Waals surface area contributed by atoms with Gasteiger partial charge in [0.15, 0.2) is 5.76 Å². The Kier molecular flexibility index (Phi) is 7.09.